The predicted molar refractivity (Wildman–Crippen MR) is 133 cm³/mol. The van der Waals surface area contributed by atoms with Gasteiger partial charge in [-0.25, -0.2) is 0 Å². The van der Waals surface area contributed by atoms with Crippen molar-refractivity contribution in [3.05, 3.63) is 88.4 Å². The molecule has 2 N–H and O–H groups in total. The van der Waals surface area contributed by atoms with Crippen LogP contribution in [0.4, 0.5) is 5.69 Å². The fraction of sp³-hybridized carbons (Fsp3) is 0.167. The number of benzene rings is 3. The highest BCUT2D eigenvalue weighted by molar-refractivity contribution is 7.80. The van der Waals surface area contributed by atoms with Crippen molar-refractivity contribution in [2.45, 2.75) is 19.4 Å². The topological polar surface area (TPSA) is 59.6 Å². The lowest BCUT2D eigenvalue weighted by Gasteiger charge is -2.12. The maximum atomic E-state index is 12.1. The molecule has 0 aliphatic carbocycles. The molecule has 0 unspecified atom stereocenters. The van der Waals surface area contributed by atoms with Crippen LogP contribution in [-0.4, -0.2) is 17.6 Å². The van der Waals surface area contributed by atoms with Gasteiger partial charge in [-0.3, -0.25) is 4.79 Å². The van der Waals surface area contributed by atoms with E-state index in [1.165, 1.54) is 0 Å². The normalized spacial score (nSPS) is 10.3. The van der Waals surface area contributed by atoms with Gasteiger partial charge in [-0.2, -0.15) is 0 Å². The fourth-order valence-electron chi connectivity index (χ4n) is 2.76. The van der Waals surface area contributed by atoms with Crippen molar-refractivity contribution in [3.8, 4) is 11.5 Å². The molecule has 3 aromatic carbocycles. The van der Waals surface area contributed by atoms with Crippen molar-refractivity contribution in [2.75, 3.05) is 11.9 Å². The highest BCUT2D eigenvalue weighted by Crippen LogP contribution is 2.27. The van der Waals surface area contributed by atoms with Crippen LogP contribution in [0.3, 0.4) is 0 Å². The van der Waals surface area contributed by atoms with Crippen molar-refractivity contribution in [1.82, 2.24) is 5.32 Å². The molecule has 0 heterocycles. The van der Waals surface area contributed by atoms with E-state index < -0.39 is 0 Å². The predicted octanol–water partition coefficient (Wildman–Crippen LogP) is 6.24. The van der Waals surface area contributed by atoms with Gasteiger partial charge < -0.3 is 20.1 Å². The minimum Gasteiger partial charge on any atom is -0.492 e. The van der Waals surface area contributed by atoms with Crippen LogP contribution in [0.25, 0.3) is 0 Å². The molecule has 0 aromatic heterocycles. The van der Waals surface area contributed by atoms with Crippen molar-refractivity contribution >= 4 is 52.1 Å². The standard InChI is InChI=1S/C24H22Cl2N2O3S/c25-18-11-12-22(21(26)14-18)30-13-5-10-23(29)28-24(32)27-19-8-4-9-20(15-19)31-16-17-6-2-1-3-7-17/h1-4,6-9,11-12,14-15H,5,10,13,16H2,(H2,27,28,29,32). The highest BCUT2D eigenvalue weighted by atomic mass is 35.5. The number of carbonyl (C=O) groups is 1. The summed E-state index contributed by atoms with van der Waals surface area (Å²) in [5.74, 6) is 1.03. The second-order valence-corrected chi connectivity index (χ2v) is 8.08. The number of anilines is 1. The smallest absolute Gasteiger partial charge is 0.226 e. The first kappa shape index (κ1) is 23.9. The Morgan fingerprint density at radius 2 is 1.75 bits per heavy atom. The summed E-state index contributed by atoms with van der Waals surface area (Å²) in [5, 5.41) is 6.85. The Morgan fingerprint density at radius 1 is 0.938 bits per heavy atom. The van der Waals surface area contributed by atoms with Crippen molar-refractivity contribution in [3.63, 3.8) is 0 Å². The van der Waals surface area contributed by atoms with Crippen LogP contribution in [-0.2, 0) is 11.4 Å². The van der Waals surface area contributed by atoms with Crippen LogP contribution in [0.1, 0.15) is 18.4 Å². The molecule has 0 aliphatic rings. The largest absolute Gasteiger partial charge is 0.492 e. The average Bonchev–Trinajstić information content (AvgIpc) is 2.77. The molecule has 0 spiro atoms. The fourth-order valence-corrected chi connectivity index (χ4v) is 3.46. The molecule has 0 fully saturated rings. The summed E-state index contributed by atoms with van der Waals surface area (Å²) in [4.78, 5) is 12.1. The Balaban J connectivity index is 1.38. The van der Waals surface area contributed by atoms with Gasteiger partial charge in [0.25, 0.3) is 0 Å². The van der Waals surface area contributed by atoms with E-state index in [2.05, 4.69) is 10.6 Å². The summed E-state index contributed by atoms with van der Waals surface area (Å²) in [7, 11) is 0. The molecule has 0 bridgehead atoms. The highest BCUT2D eigenvalue weighted by Gasteiger charge is 2.07. The SMILES string of the molecule is O=C(CCCOc1ccc(Cl)cc1Cl)NC(=S)Nc1cccc(OCc2ccccc2)c1. The molecule has 32 heavy (non-hydrogen) atoms. The lowest BCUT2D eigenvalue weighted by Crippen LogP contribution is -2.34. The molecule has 166 valence electrons. The lowest BCUT2D eigenvalue weighted by molar-refractivity contribution is -0.119. The number of ether oxygens (including phenoxy) is 2. The van der Waals surface area contributed by atoms with E-state index in [1.54, 1.807) is 18.2 Å². The van der Waals surface area contributed by atoms with Gasteiger partial charge >= 0.3 is 0 Å². The van der Waals surface area contributed by atoms with Crippen LogP contribution >= 0.6 is 35.4 Å². The first-order valence-corrected chi connectivity index (χ1v) is 11.1. The zero-order chi connectivity index (χ0) is 22.8. The van der Waals surface area contributed by atoms with E-state index in [4.69, 9.17) is 44.9 Å². The first-order valence-electron chi connectivity index (χ1n) is 9.95. The van der Waals surface area contributed by atoms with Crippen LogP contribution in [0, 0.1) is 0 Å². The third-order valence-electron chi connectivity index (χ3n) is 4.29. The number of rotatable bonds is 9. The minimum atomic E-state index is -0.204. The van der Waals surface area contributed by atoms with E-state index in [0.717, 1.165) is 11.3 Å². The van der Waals surface area contributed by atoms with Gasteiger partial charge in [-0.05, 0) is 54.5 Å². The Bertz CT molecular complexity index is 1060. The molecule has 0 saturated heterocycles. The van der Waals surface area contributed by atoms with Gasteiger partial charge in [0.15, 0.2) is 5.11 Å². The van der Waals surface area contributed by atoms with E-state index in [-0.39, 0.29) is 17.4 Å². The number of nitrogens with one attached hydrogen (secondary N) is 2. The summed E-state index contributed by atoms with van der Waals surface area (Å²) in [6, 6.07) is 22.3. The van der Waals surface area contributed by atoms with E-state index in [1.807, 2.05) is 54.6 Å². The third-order valence-corrected chi connectivity index (χ3v) is 5.03. The number of amides is 1. The van der Waals surface area contributed by atoms with Gasteiger partial charge in [0.2, 0.25) is 5.91 Å². The molecule has 3 aromatic rings. The minimum absolute atomic E-state index is 0.204. The number of hydrogen-bond donors (Lipinski definition) is 2. The quantitative estimate of drug-likeness (QED) is 0.275. The molecule has 1 amide bonds. The second kappa shape index (κ2) is 12.3. The Morgan fingerprint density at radius 3 is 2.53 bits per heavy atom. The summed E-state index contributed by atoms with van der Waals surface area (Å²) < 4.78 is 11.4. The molecule has 0 radical (unpaired) electrons. The summed E-state index contributed by atoms with van der Waals surface area (Å²) in [6.45, 7) is 0.810. The van der Waals surface area contributed by atoms with Gasteiger partial charge in [0, 0.05) is 23.2 Å². The van der Waals surface area contributed by atoms with Gasteiger partial charge in [0.05, 0.1) is 11.6 Å². The van der Waals surface area contributed by atoms with Gasteiger partial charge in [-0.1, -0.05) is 59.6 Å². The molecule has 3 rings (SSSR count). The number of carbonyl (C=O) groups excluding carboxylic acids is 1. The van der Waals surface area contributed by atoms with Crippen molar-refractivity contribution in [1.29, 1.82) is 0 Å². The van der Waals surface area contributed by atoms with Gasteiger partial charge in [0.1, 0.15) is 18.1 Å². The van der Waals surface area contributed by atoms with Crippen LogP contribution < -0.4 is 20.1 Å². The molecular formula is C24H22Cl2N2O3S. The Kier molecular flexibility index (Phi) is 9.16. The zero-order valence-corrected chi connectivity index (χ0v) is 19.5. The van der Waals surface area contributed by atoms with Gasteiger partial charge in [-0.15, -0.1) is 0 Å². The van der Waals surface area contributed by atoms with Crippen LogP contribution in [0.2, 0.25) is 10.0 Å². The summed E-state index contributed by atoms with van der Waals surface area (Å²) in [5.41, 5.74) is 1.80. The first-order chi connectivity index (χ1) is 15.5. The molecule has 0 saturated carbocycles. The molecule has 5 nitrogen and oxygen atoms in total. The zero-order valence-electron chi connectivity index (χ0n) is 17.1. The van der Waals surface area contributed by atoms with E-state index >= 15 is 0 Å². The van der Waals surface area contributed by atoms with E-state index in [0.29, 0.717) is 41.2 Å². The maximum absolute atomic E-state index is 12.1. The Labute approximate surface area is 202 Å². The Hall–Kier alpha value is -2.80. The lowest BCUT2D eigenvalue weighted by atomic mass is 10.2. The van der Waals surface area contributed by atoms with Crippen molar-refractivity contribution in [2.24, 2.45) is 0 Å². The van der Waals surface area contributed by atoms with Crippen LogP contribution in [0.5, 0.6) is 11.5 Å². The third kappa shape index (κ3) is 8.04. The number of halogens is 2. The molecule has 0 atom stereocenters. The van der Waals surface area contributed by atoms with E-state index in [9.17, 15) is 4.79 Å². The second-order valence-electron chi connectivity index (χ2n) is 6.83. The van der Waals surface area contributed by atoms with Crippen LogP contribution in [0.15, 0.2) is 72.8 Å². The maximum Gasteiger partial charge on any atom is 0.226 e. The van der Waals surface area contributed by atoms with Crippen molar-refractivity contribution < 1.29 is 14.3 Å². The molecular weight excluding hydrogens is 467 g/mol. The number of thiocarbonyl (C=S) groups is 1. The monoisotopic (exact) mass is 488 g/mol. The summed E-state index contributed by atoms with van der Waals surface area (Å²) >= 11 is 17.2. The summed E-state index contributed by atoms with van der Waals surface area (Å²) in [6.07, 6.45) is 0.767. The molecule has 0 aliphatic heterocycles. The molecule has 8 heteroatoms. The number of hydrogen-bond acceptors (Lipinski definition) is 4. The average molecular weight is 489 g/mol.